The lowest BCUT2D eigenvalue weighted by Crippen LogP contribution is -2.18. The largest absolute Gasteiger partial charge is 0.497 e. The highest BCUT2D eigenvalue weighted by Gasteiger charge is 2.08. The van der Waals surface area contributed by atoms with Crippen LogP contribution in [0, 0.1) is 0 Å². The van der Waals surface area contributed by atoms with Gasteiger partial charge in [-0.2, -0.15) is 0 Å². The quantitative estimate of drug-likeness (QED) is 0.604. The minimum absolute atomic E-state index is 0.707. The Morgan fingerprint density at radius 3 is 2.38 bits per heavy atom. The summed E-state index contributed by atoms with van der Waals surface area (Å²) in [5.41, 5.74) is 1.10. The molecule has 0 aliphatic carbocycles. The average Bonchev–Trinajstić information content (AvgIpc) is 2.54. The Morgan fingerprint density at radius 2 is 1.81 bits per heavy atom. The van der Waals surface area contributed by atoms with E-state index in [2.05, 4.69) is 14.9 Å². The summed E-state index contributed by atoms with van der Waals surface area (Å²) in [5, 5.41) is 0.766. The van der Waals surface area contributed by atoms with Crippen molar-refractivity contribution < 1.29 is 9.47 Å². The highest BCUT2D eigenvalue weighted by Crippen LogP contribution is 2.24. The number of benzene rings is 1. The van der Waals surface area contributed by atoms with E-state index in [0.29, 0.717) is 6.54 Å². The van der Waals surface area contributed by atoms with E-state index in [1.54, 1.807) is 20.4 Å². The number of hydrogen-bond donors (Lipinski definition) is 0. The van der Waals surface area contributed by atoms with E-state index in [1.165, 1.54) is 11.8 Å². The van der Waals surface area contributed by atoms with Crippen molar-refractivity contribution in [2.24, 2.45) is 0 Å². The minimum Gasteiger partial charge on any atom is -0.497 e. The van der Waals surface area contributed by atoms with Crippen molar-refractivity contribution in [3.05, 3.63) is 36.0 Å². The summed E-state index contributed by atoms with van der Waals surface area (Å²) in [7, 11) is 5.30. The van der Waals surface area contributed by atoms with Crippen molar-refractivity contribution in [3.63, 3.8) is 0 Å². The molecule has 5 nitrogen and oxygen atoms in total. The fourth-order valence-corrected chi connectivity index (χ4v) is 2.31. The van der Waals surface area contributed by atoms with E-state index in [-0.39, 0.29) is 0 Å². The van der Waals surface area contributed by atoms with Gasteiger partial charge in [-0.05, 0) is 30.0 Å². The molecule has 0 saturated heterocycles. The van der Waals surface area contributed by atoms with Gasteiger partial charge >= 0.3 is 0 Å². The molecule has 21 heavy (non-hydrogen) atoms. The normalized spacial score (nSPS) is 10.3. The van der Waals surface area contributed by atoms with Crippen LogP contribution >= 0.6 is 11.8 Å². The summed E-state index contributed by atoms with van der Waals surface area (Å²) in [6.07, 6.45) is 3.74. The van der Waals surface area contributed by atoms with Crippen molar-refractivity contribution in [3.8, 4) is 11.5 Å². The second-order valence-corrected chi connectivity index (χ2v) is 5.25. The Balaban J connectivity index is 2.20. The van der Waals surface area contributed by atoms with Crippen LogP contribution in [-0.4, -0.2) is 37.5 Å². The van der Waals surface area contributed by atoms with E-state index in [0.717, 1.165) is 28.0 Å². The van der Waals surface area contributed by atoms with E-state index in [1.807, 2.05) is 37.6 Å². The molecule has 0 atom stereocenters. The van der Waals surface area contributed by atoms with Crippen LogP contribution in [0.1, 0.15) is 5.56 Å². The number of nitrogens with zero attached hydrogens (tertiary/aromatic N) is 3. The lowest BCUT2D eigenvalue weighted by molar-refractivity contribution is 0.393. The lowest BCUT2D eigenvalue weighted by Gasteiger charge is -2.19. The average molecular weight is 305 g/mol. The molecule has 1 aromatic heterocycles. The number of thioether (sulfide) groups is 1. The summed E-state index contributed by atoms with van der Waals surface area (Å²) in [4.78, 5) is 10.7. The molecular formula is C15H19N3O2S. The zero-order valence-electron chi connectivity index (χ0n) is 12.7. The van der Waals surface area contributed by atoms with Crippen molar-refractivity contribution >= 4 is 17.6 Å². The molecule has 0 aliphatic heterocycles. The van der Waals surface area contributed by atoms with E-state index >= 15 is 0 Å². The molecule has 0 fully saturated rings. The van der Waals surface area contributed by atoms with Crippen molar-refractivity contribution in [1.82, 2.24) is 9.97 Å². The molecule has 0 N–H and O–H groups in total. The first-order valence-corrected chi connectivity index (χ1v) is 7.69. The molecule has 2 rings (SSSR count). The first kappa shape index (κ1) is 15.4. The third kappa shape index (κ3) is 4.01. The molecule has 0 bridgehead atoms. The standard InChI is InChI=1S/C15H19N3O2S/c1-18(14-5-6-16-15(17-14)21-4)10-11-7-12(19-2)9-13(8-11)20-3/h5-9H,10H2,1-4H3. The van der Waals surface area contributed by atoms with Gasteiger partial charge in [0, 0.05) is 25.9 Å². The zero-order chi connectivity index (χ0) is 15.2. The number of rotatable bonds is 6. The minimum atomic E-state index is 0.707. The molecule has 1 aromatic carbocycles. The van der Waals surface area contributed by atoms with Gasteiger partial charge in [-0.25, -0.2) is 9.97 Å². The van der Waals surface area contributed by atoms with Gasteiger partial charge in [0.2, 0.25) is 0 Å². The maximum atomic E-state index is 5.29. The second-order valence-electron chi connectivity index (χ2n) is 4.48. The highest BCUT2D eigenvalue weighted by atomic mass is 32.2. The van der Waals surface area contributed by atoms with Crippen LogP contribution in [0.3, 0.4) is 0 Å². The molecule has 0 spiro atoms. The fraction of sp³-hybridized carbons (Fsp3) is 0.333. The first-order chi connectivity index (χ1) is 10.2. The monoisotopic (exact) mass is 305 g/mol. The van der Waals surface area contributed by atoms with Gasteiger partial charge in [0.05, 0.1) is 14.2 Å². The second kappa shape index (κ2) is 7.17. The van der Waals surface area contributed by atoms with Crippen LogP contribution in [0.2, 0.25) is 0 Å². The van der Waals surface area contributed by atoms with Crippen LogP contribution in [-0.2, 0) is 6.54 Å². The predicted octanol–water partition coefficient (Wildman–Crippen LogP) is 2.85. The molecule has 0 saturated carbocycles. The van der Waals surface area contributed by atoms with E-state index < -0.39 is 0 Å². The van der Waals surface area contributed by atoms with Crippen LogP contribution in [0.25, 0.3) is 0 Å². The van der Waals surface area contributed by atoms with Gasteiger partial charge in [0.15, 0.2) is 5.16 Å². The Kier molecular flexibility index (Phi) is 5.27. The molecule has 0 amide bonds. The van der Waals surface area contributed by atoms with E-state index in [4.69, 9.17) is 9.47 Å². The van der Waals surface area contributed by atoms with Crippen LogP contribution in [0.5, 0.6) is 11.5 Å². The third-order valence-electron chi connectivity index (χ3n) is 3.02. The molecule has 112 valence electrons. The molecular weight excluding hydrogens is 286 g/mol. The molecule has 0 radical (unpaired) electrons. The number of ether oxygens (including phenoxy) is 2. The fourth-order valence-electron chi connectivity index (χ4n) is 1.96. The SMILES string of the molecule is COc1cc(CN(C)c2ccnc(SC)n2)cc(OC)c1. The smallest absolute Gasteiger partial charge is 0.189 e. The first-order valence-electron chi connectivity index (χ1n) is 6.46. The Hall–Kier alpha value is -1.95. The van der Waals surface area contributed by atoms with Gasteiger partial charge in [0.25, 0.3) is 0 Å². The third-order valence-corrected chi connectivity index (χ3v) is 3.59. The number of aromatic nitrogens is 2. The summed E-state index contributed by atoms with van der Waals surface area (Å²) < 4.78 is 10.6. The number of anilines is 1. The van der Waals surface area contributed by atoms with Crippen LogP contribution in [0.15, 0.2) is 35.6 Å². The zero-order valence-corrected chi connectivity index (χ0v) is 13.5. The Labute approximate surface area is 129 Å². The van der Waals surface area contributed by atoms with Gasteiger partial charge in [-0.1, -0.05) is 11.8 Å². The molecule has 1 heterocycles. The van der Waals surface area contributed by atoms with Gasteiger partial charge in [-0.3, -0.25) is 0 Å². The van der Waals surface area contributed by atoms with Crippen LogP contribution < -0.4 is 14.4 Å². The molecule has 2 aromatic rings. The number of hydrogen-bond acceptors (Lipinski definition) is 6. The maximum Gasteiger partial charge on any atom is 0.189 e. The topological polar surface area (TPSA) is 47.5 Å². The van der Waals surface area contributed by atoms with Gasteiger partial charge in [0.1, 0.15) is 17.3 Å². The summed E-state index contributed by atoms with van der Waals surface area (Å²) in [6.45, 7) is 0.707. The van der Waals surface area contributed by atoms with Crippen molar-refractivity contribution in [2.75, 3.05) is 32.4 Å². The summed E-state index contributed by atoms with van der Waals surface area (Å²) in [6, 6.07) is 7.75. The van der Waals surface area contributed by atoms with Crippen molar-refractivity contribution in [2.45, 2.75) is 11.7 Å². The molecule has 0 unspecified atom stereocenters. The van der Waals surface area contributed by atoms with E-state index in [9.17, 15) is 0 Å². The predicted molar refractivity (Wildman–Crippen MR) is 85.5 cm³/mol. The van der Waals surface area contributed by atoms with Gasteiger partial charge < -0.3 is 14.4 Å². The Bertz CT molecular complexity index is 585. The maximum absolute atomic E-state index is 5.29. The van der Waals surface area contributed by atoms with Gasteiger partial charge in [-0.15, -0.1) is 0 Å². The highest BCUT2D eigenvalue weighted by molar-refractivity contribution is 7.98. The molecule has 6 heteroatoms. The van der Waals surface area contributed by atoms with Crippen LogP contribution in [0.4, 0.5) is 5.82 Å². The summed E-state index contributed by atoms with van der Waals surface area (Å²) in [5.74, 6) is 2.45. The summed E-state index contributed by atoms with van der Waals surface area (Å²) >= 11 is 1.53. The number of methoxy groups -OCH3 is 2. The van der Waals surface area contributed by atoms with Crippen molar-refractivity contribution in [1.29, 1.82) is 0 Å². The Morgan fingerprint density at radius 1 is 1.14 bits per heavy atom. The lowest BCUT2D eigenvalue weighted by atomic mass is 10.2. The molecule has 0 aliphatic rings.